The van der Waals surface area contributed by atoms with Gasteiger partial charge in [0.05, 0.1) is 35.0 Å². The molecule has 1 amide bonds. The number of hydrogen-bond donors (Lipinski definition) is 1. The molecule has 0 bridgehead atoms. The van der Waals surface area contributed by atoms with E-state index in [0.717, 1.165) is 13.1 Å². The number of rotatable bonds is 5. The molecule has 25 heavy (non-hydrogen) atoms. The Labute approximate surface area is 148 Å². The predicted octanol–water partition coefficient (Wildman–Crippen LogP) is 1.31. The Balaban J connectivity index is 1.82. The first-order valence-corrected chi connectivity index (χ1v) is 8.61. The van der Waals surface area contributed by atoms with E-state index >= 15 is 0 Å². The van der Waals surface area contributed by atoms with Crippen LogP contribution in [0.2, 0.25) is 0 Å². The van der Waals surface area contributed by atoms with Crippen LogP contribution in [-0.4, -0.2) is 50.8 Å². The van der Waals surface area contributed by atoms with Crippen molar-refractivity contribution in [3.05, 3.63) is 39.5 Å². The summed E-state index contributed by atoms with van der Waals surface area (Å²) in [5.74, 6) is -0.255. The summed E-state index contributed by atoms with van der Waals surface area (Å²) >= 11 is 1.22. The highest BCUT2D eigenvalue weighted by atomic mass is 32.1. The number of hydrogen-bond acceptors (Lipinski definition) is 6. The topological polar surface area (TPSA) is 85.1 Å². The maximum Gasteiger partial charge on any atom is 0.266 e. The molecule has 0 saturated carbocycles. The zero-order valence-corrected chi connectivity index (χ0v) is 15.4. The van der Waals surface area contributed by atoms with E-state index in [2.05, 4.69) is 20.3 Å². The first-order valence-electron chi connectivity index (χ1n) is 7.80. The molecular formula is C16H20N6O2S. The van der Waals surface area contributed by atoms with E-state index in [4.69, 9.17) is 0 Å². The lowest BCUT2D eigenvalue weighted by molar-refractivity contribution is 0.103. The Bertz CT molecular complexity index is 984. The molecule has 3 aromatic heterocycles. The molecule has 0 aromatic carbocycles. The zero-order chi connectivity index (χ0) is 18.1. The SMILES string of the molecule is Cc1c(C(=O)Nc2cnn(CCN(C)C)c2)sc2ncn(C)c(=O)c12. The molecule has 9 heteroatoms. The van der Waals surface area contributed by atoms with Crippen LogP contribution in [0, 0.1) is 6.92 Å². The van der Waals surface area contributed by atoms with Crippen molar-refractivity contribution in [2.45, 2.75) is 13.5 Å². The van der Waals surface area contributed by atoms with Crippen molar-refractivity contribution in [3.8, 4) is 0 Å². The average molecular weight is 360 g/mol. The Morgan fingerprint density at radius 1 is 1.40 bits per heavy atom. The van der Waals surface area contributed by atoms with Crippen LogP contribution in [0.4, 0.5) is 5.69 Å². The van der Waals surface area contributed by atoms with Gasteiger partial charge in [-0.3, -0.25) is 14.3 Å². The minimum absolute atomic E-state index is 0.144. The number of thiophene rings is 1. The van der Waals surface area contributed by atoms with E-state index < -0.39 is 0 Å². The van der Waals surface area contributed by atoms with Crippen molar-refractivity contribution >= 4 is 33.1 Å². The van der Waals surface area contributed by atoms with Crippen molar-refractivity contribution in [2.24, 2.45) is 7.05 Å². The van der Waals surface area contributed by atoms with E-state index in [1.807, 2.05) is 14.1 Å². The van der Waals surface area contributed by atoms with Crippen LogP contribution in [-0.2, 0) is 13.6 Å². The van der Waals surface area contributed by atoms with Crippen LogP contribution in [0.5, 0.6) is 0 Å². The van der Waals surface area contributed by atoms with Gasteiger partial charge in [0, 0.05) is 19.8 Å². The van der Waals surface area contributed by atoms with Crippen LogP contribution in [0.1, 0.15) is 15.2 Å². The fraction of sp³-hybridized carbons (Fsp3) is 0.375. The fourth-order valence-corrected chi connectivity index (χ4v) is 3.50. The van der Waals surface area contributed by atoms with E-state index in [1.165, 1.54) is 22.2 Å². The summed E-state index contributed by atoms with van der Waals surface area (Å²) in [5, 5.41) is 7.58. The van der Waals surface area contributed by atoms with Gasteiger partial charge in [0.2, 0.25) is 0 Å². The Kier molecular flexibility index (Phi) is 4.69. The second-order valence-corrected chi connectivity index (χ2v) is 7.15. The minimum Gasteiger partial charge on any atom is -0.319 e. The van der Waals surface area contributed by atoms with Gasteiger partial charge in [-0.05, 0) is 26.6 Å². The molecule has 3 aromatic rings. The summed E-state index contributed by atoms with van der Waals surface area (Å²) in [6.07, 6.45) is 4.88. The van der Waals surface area contributed by atoms with Crippen molar-refractivity contribution in [2.75, 3.05) is 26.0 Å². The Morgan fingerprint density at radius 2 is 2.16 bits per heavy atom. The van der Waals surface area contributed by atoms with Gasteiger partial charge in [-0.15, -0.1) is 11.3 Å². The lowest BCUT2D eigenvalue weighted by Crippen LogP contribution is -2.18. The number of fused-ring (bicyclic) bond motifs is 1. The maximum absolute atomic E-state index is 12.6. The van der Waals surface area contributed by atoms with Gasteiger partial charge in [0.15, 0.2) is 0 Å². The van der Waals surface area contributed by atoms with Crippen molar-refractivity contribution in [1.82, 2.24) is 24.2 Å². The summed E-state index contributed by atoms with van der Waals surface area (Å²) in [4.78, 5) is 32.2. The number of carbonyl (C=O) groups excluding carboxylic acids is 1. The van der Waals surface area contributed by atoms with Crippen molar-refractivity contribution in [1.29, 1.82) is 0 Å². The largest absolute Gasteiger partial charge is 0.319 e. The lowest BCUT2D eigenvalue weighted by atomic mass is 10.2. The summed E-state index contributed by atoms with van der Waals surface area (Å²) in [7, 11) is 5.64. The first kappa shape index (κ1) is 17.3. The average Bonchev–Trinajstić information content (AvgIpc) is 3.14. The molecule has 132 valence electrons. The van der Waals surface area contributed by atoms with E-state index in [0.29, 0.717) is 26.3 Å². The number of carbonyl (C=O) groups is 1. The Morgan fingerprint density at radius 3 is 2.88 bits per heavy atom. The number of nitrogens with zero attached hydrogens (tertiary/aromatic N) is 5. The number of aryl methyl sites for hydroxylation is 2. The highest BCUT2D eigenvalue weighted by Crippen LogP contribution is 2.27. The zero-order valence-electron chi connectivity index (χ0n) is 14.6. The maximum atomic E-state index is 12.6. The van der Waals surface area contributed by atoms with Crippen LogP contribution >= 0.6 is 11.3 Å². The minimum atomic E-state index is -0.255. The molecule has 3 rings (SSSR count). The summed E-state index contributed by atoms with van der Waals surface area (Å²) in [5.41, 5.74) is 1.14. The monoisotopic (exact) mass is 360 g/mol. The molecule has 0 spiro atoms. The molecular weight excluding hydrogens is 340 g/mol. The van der Waals surface area contributed by atoms with Crippen LogP contribution in [0.15, 0.2) is 23.5 Å². The van der Waals surface area contributed by atoms with E-state index in [9.17, 15) is 9.59 Å². The highest BCUT2D eigenvalue weighted by Gasteiger charge is 2.19. The second kappa shape index (κ2) is 6.77. The lowest BCUT2D eigenvalue weighted by Gasteiger charge is -2.08. The normalized spacial score (nSPS) is 11.4. The van der Waals surface area contributed by atoms with Crippen LogP contribution < -0.4 is 10.9 Å². The first-order chi connectivity index (χ1) is 11.9. The van der Waals surface area contributed by atoms with Gasteiger partial charge < -0.3 is 14.8 Å². The van der Waals surface area contributed by atoms with E-state index in [-0.39, 0.29) is 11.5 Å². The number of nitrogens with one attached hydrogen (secondary N) is 1. The molecule has 0 aliphatic rings. The third-order valence-electron chi connectivity index (χ3n) is 3.88. The molecule has 0 saturated heterocycles. The number of likely N-dealkylation sites (N-methyl/N-ethyl adjacent to an activating group) is 1. The quantitative estimate of drug-likeness (QED) is 0.742. The van der Waals surface area contributed by atoms with E-state index in [1.54, 1.807) is 31.0 Å². The van der Waals surface area contributed by atoms with Crippen LogP contribution in [0.25, 0.3) is 10.2 Å². The molecule has 3 heterocycles. The summed E-state index contributed by atoms with van der Waals surface area (Å²) < 4.78 is 3.20. The smallest absolute Gasteiger partial charge is 0.266 e. The molecule has 0 aliphatic heterocycles. The number of amides is 1. The van der Waals surface area contributed by atoms with Crippen molar-refractivity contribution < 1.29 is 4.79 Å². The van der Waals surface area contributed by atoms with Gasteiger partial charge >= 0.3 is 0 Å². The van der Waals surface area contributed by atoms with Gasteiger partial charge in [-0.2, -0.15) is 5.10 Å². The summed E-state index contributed by atoms with van der Waals surface area (Å²) in [6.45, 7) is 3.38. The molecule has 8 nitrogen and oxygen atoms in total. The Hall–Kier alpha value is -2.52. The van der Waals surface area contributed by atoms with Gasteiger partial charge in [0.25, 0.3) is 11.5 Å². The van der Waals surface area contributed by atoms with Gasteiger partial charge in [-0.1, -0.05) is 0 Å². The number of anilines is 1. The molecule has 0 atom stereocenters. The third kappa shape index (κ3) is 3.47. The predicted molar refractivity (Wildman–Crippen MR) is 98.3 cm³/mol. The van der Waals surface area contributed by atoms with Crippen molar-refractivity contribution in [3.63, 3.8) is 0 Å². The van der Waals surface area contributed by atoms with Gasteiger partial charge in [-0.25, -0.2) is 4.98 Å². The number of aromatic nitrogens is 4. The standard InChI is InChI=1S/C16H20N6O2S/c1-10-12-15(17-9-21(4)16(12)24)25-13(10)14(23)19-11-7-18-22(8-11)6-5-20(2)3/h7-9H,5-6H2,1-4H3,(H,19,23). The summed E-state index contributed by atoms with van der Waals surface area (Å²) in [6, 6.07) is 0. The van der Waals surface area contributed by atoms with Gasteiger partial charge in [0.1, 0.15) is 4.83 Å². The fourth-order valence-electron chi connectivity index (χ4n) is 2.47. The molecule has 0 aliphatic carbocycles. The third-order valence-corrected chi connectivity index (χ3v) is 5.08. The highest BCUT2D eigenvalue weighted by molar-refractivity contribution is 7.20. The molecule has 1 N–H and O–H groups in total. The molecule has 0 fully saturated rings. The second-order valence-electron chi connectivity index (χ2n) is 6.15. The molecule has 0 radical (unpaired) electrons. The molecule has 0 unspecified atom stereocenters. The van der Waals surface area contributed by atoms with Crippen LogP contribution in [0.3, 0.4) is 0 Å².